The van der Waals surface area contributed by atoms with Gasteiger partial charge in [0.15, 0.2) is 9.84 Å². The molecule has 1 saturated heterocycles. The molecule has 0 radical (unpaired) electrons. The summed E-state index contributed by atoms with van der Waals surface area (Å²) in [7, 11) is -3.30. The van der Waals surface area contributed by atoms with Gasteiger partial charge in [-0.15, -0.1) is 0 Å². The number of rotatable bonds is 5. The van der Waals surface area contributed by atoms with Crippen molar-refractivity contribution in [2.45, 2.75) is 37.2 Å². The third kappa shape index (κ3) is 3.43. The number of allylic oxidation sites excluding steroid dienone is 1. The molecule has 1 aromatic rings. The average molecular weight is 266 g/mol. The van der Waals surface area contributed by atoms with E-state index in [-0.39, 0.29) is 5.60 Å². The lowest BCUT2D eigenvalue weighted by atomic mass is 10.1. The van der Waals surface area contributed by atoms with Gasteiger partial charge in [0.05, 0.1) is 17.1 Å². The highest BCUT2D eigenvalue weighted by Crippen LogP contribution is 2.31. The van der Waals surface area contributed by atoms with Crippen LogP contribution < -0.4 is 0 Å². The van der Waals surface area contributed by atoms with Gasteiger partial charge in [0.25, 0.3) is 0 Å². The van der Waals surface area contributed by atoms with Gasteiger partial charge in [0, 0.05) is 5.41 Å². The predicted octanol–water partition coefficient (Wildman–Crippen LogP) is 2.85. The minimum atomic E-state index is -3.30. The molecule has 1 heterocycles. The molecule has 98 valence electrons. The van der Waals surface area contributed by atoms with Crippen molar-refractivity contribution in [2.75, 3.05) is 6.61 Å². The van der Waals surface area contributed by atoms with Gasteiger partial charge in [-0.25, -0.2) is 8.42 Å². The maximum Gasteiger partial charge on any atom is 0.199 e. The summed E-state index contributed by atoms with van der Waals surface area (Å²) in [6, 6.07) is 6.89. The lowest BCUT2D eigenvalue weighted by molar-refractivity contribution is 0.310. The summed E-state index contributed by atoms with van der Waals surface area (Å²) in [6.45, 7) is 4.75. The van der Waals surface area contributed by atoms with Crippen molar-refractivity contribution in [3.8, 4) is 0 Å². The van der Waals surface area contributed by atoms with E-state index in [2.05, 4.69) is 0 Å². The van der Waals surface area contributed by atoms with Crippen molar-refractivity contribution >= 4 is 9.84 Å². The Labute approximate surface area is 108 Å². The van der Waals surface area contributed by atoms with Crippen LogP contribution in [-0.2, 0) is 14.6 Å². The summed E-state index contributed by atoms with van der Waals surface area (Å²) >= 11 is 0. The Kier molecular flexibility index (Phi) is 3.59. The van der Waals surface area contributed by atoms with Crippen molar-refractivity contribution in [1.82, 2.24) is 0 Å². The Morgan fingerprint density at radius 2 is 1.94 bits per heavy atom. The minimum Gasteiger partial charge on any atom is -0.370 e. The Hall–Kier alpha value is -1.13. The van der Waals surface area contributed by atoms with E-state index in [1.54, 1.807) is 30.3 Å². The maximum absolute atomic E-state index is 12.0. The van der Waals surface area contributed by atoms with E-state index < -0.39 is 9.84 Å². The molecule has 0 aromatic heterocycles. The summed E-state index contributed by atoms with van der Waals surface area (Å²) in [6.07, 6.45) is 3.30. The van der Waals surface area contributed by atoms with Gasteiger partial charge in [-0.3, -0.25) is 0 Å². The third-order valence-corrected chi connectivity index (χ3v) is 4.58. The van der Waals surface area contributed by atoms with E-state index in [1.165, 1.54) is 5.41 Å². The number of sulfone groups is 1. The molecular formula is C14H18O3S. The molecule has 0 aliphatic carbocycles. The fourth-order valence-electron chi connectivity index (χ4n) is 1.66. The van der Waals surface area contributed by atoms with Crippen molar-refractivity contribution in [2.24, 2.45) is 0 Å². The van der Waals surface area contributed by atoms with Crippen LogP contribution in [0.2, 0.25) is 0 Å². The van der Waals surface area contributed by atoms with Gasteiger partial charge in [-0.2, -0.15) is 0 Å². The zero-order valence-corrected chi connectivity index (χ0v) is 11.5. The zero-order valence-electron chi connectivity index (χ0n) is 10.7. The molecule has 1 aliphatic heterocycles. The normalized spacial score (nSPS) is 23.4. The second-order valence-corrected chi connectivity index (χ2v) is 6.84. The molecule has 1 unspecified atom stereocenters. The lowest BCUT2D eigenvalue weighted by Crippen LogP contribution is -2.02. The number of benzene rings is 1. The van der Waals surface area contributed by atoms with Gasteiger partial charge >= 0.3 is 0 Å². The number of ether oxygens (including phenoxy) is 1. The van der Waals surface area contributed by atoms with Crippen LogP contribution in [0.5, 0.6) is 0 Å². The van der Waals surface area contributed by atoms with Gasteiger partial charge in [-0.05, 0) is 38.8 Å². The van der Waals surface area contributed by atoms with E-state index in [1.807, 2.05) is 13.8 Å². The number of aryl methyl sites for hydroxylation is 1. The van der Waals surface area contributed by atoms with Crippen LogP contribution in [0.4, 0.5) is 0 Å². The molecule has 4 heteroatoms. The summed E-state index contributed by atoms with van der Waals surface area (Å²) in [5.74, 6) is 0. The largest absolute Gasteiger partial charge is 0.370 e. The standard InChI is InChI=1S/C14H18O3S/c1-12-5-7-13(8-6-12)18(15,16)10-4-3-9-14(2)11-17-14/h4-8,10H,3,9,11H2,1-2H3/b10-4+. The van der Waals surface area contributed by atoms with Crippen molar-refractivity contribution in [3.63, 3.8) is 0 Å². The van der Waals surface area contributed by atoms with Gasteiger partial charge in [0.1, 0.15) is 0 Å². The summed E-state index contributed by atoms with van der Waals surface area (Å²) in [4.78, 5) is 0.346. The monoisotopic (exact) mass is 266 g/mol. The summed E-state index contributed by atoms with van der Waals surface area (Å²) in [5, 5.41) is 1.30. The van der Waals surface area contributed by atoms with Crippen molar-refractivity contribution in [1.29, 1.82) is 0 Å². The summed E-state index contributed by atoms with van der Waals surface area (Å²) < 4.78 is 29.2. The number of hydrogen-bond donors (Lipinski definition) is 0. The Morgan fingerprint density at radius 3 is 2.50 bits per heavy atom. The topological polar surface area (TPSA) is 46.7 Å². The van der Waals surface area contributed by atoms with Crippen LogP contribution in [0.15, 0.2) is 40.6 Å². The van der Waals surface area contributed by atoms with Crippen LogP contribution in [-0.4, -0.2) is 20.6 Å². The van der Waals surface area contributed by atoms with Gasteiger partial charge in [-0.1, -0.05) is 23.8 Å². The molecule has 2 rings (SSSR count). The molecule has 0 spiro atoms. The predicted molar refractivity (Wildman–Crippen MR) is 71.1 cm³/mol. The molecule has 1 aromatic carbocycles. The highest BCUT2D eigenvalue weighted by Gasteiger charge is 2.37. The van der Waals surface area contributed by atoms with E-state index in [4.69, 9.17) is 4.74 Å². The zero-order chi connectivity index (χ0) is 13.2. The summed E-state index contributed by atoms with van der Waals surface area (Å²) in [5.41, 5.74) is 1.04. The quantitative estimate of drug-likeness (QED) is 0.770. The van der Waals surface area contributed by atoms with E-state index in [0.29, 0.717) is 4.90 Å². The van der Waals surface area contributed by atoms with Crippen molar-refractivity contribution in [3.05, 3.63) is 41.3 Å². The number of hydrogen-bond acceptors (Lipinski definition) is 3. The fourth-order valence-corrected chi connectivity index (χ4v) is 2.72. The second-order valence-electron chi connectivity index (χ2n) is 5.01. The molecule has 0 saturated carbocycles. The molecule has 0 N–H and O–H groups in total. The van der Waals surface area contributed by atoms with Crippen LogP contribution >= 0.6 is 0 Å². The first-order chi connectivity index (χ1) is 8.41. The molecule has 1 aliphatic rings. The highest BCUT2D eigenvalue weighted by atomic mass is 32.2. The number of epoxide rings is 1. The first-order valence-electron chi connectivity index (χ1n) is 6.04. The van der Waals surface area contributed by atoms with Crippen LogP contribution in [0.1, 0.15) is 25.3 Å². The fraction of sp³-hybridized carbons (Fsp3) is 0.429. The van der Waals surface area contributed by atoms with Crippen LogP contribution in [0.25, 0.3) is 0 Å². The molecule has 18 heavy (non-hydrogen) atoms. The van der Waals surface area contributed by atoms with Crippen LogP contribution in [0.3, 0.4) is 0 Å². The Bertz CT molecular complexity index is 537. The molecule has 1 atom stereocenters. The molecule has 0 bridgehead atoms. The lowest BCUT2D eigenvalue weighted by Gasteiger charge is -2.01. The SMILES string of the molecule is Cc1ccc(S(=O)(=O)/C=C/CCC2(C)CO2)cc1. The van der Waals surface area contributed by atoms with Crippen LogP contribution in [0, 0.1) is 6.92 Å². The molecule has 3 nitrogen and oxygen atoms in total. The van der Waals surface area contributed by atoms with E-state index in [9.17, 15) is 8.42 Å². The smallest absolute Gasteiger partial charge is 0.199 e. The molecule has 1 fully saturated rings. The Balaban J connectivity index is 1.98. The van der Waals surface area contributed by atoms with Gasteiger partial charge in [0.2, 0.25) is 0 Å². The Morgan fingerprint density at radius 1 is 1.33 bits per heavy atom. The van der Waals surface area contributed by atoms with Gasteiger partial charge < -0.3 is 4.74 Å². The first-order valence-corrected chi connectivity index (χ1v) is 7.58. The second kappa shape index (κ2) is 4.86. The molecular weight excluding hydrogens is 248 g/mol. The third-order valence-electron chi connectivity index (χ3n) is 3.10. The maximum atomic E-state index is 12.0. The van der Waals surface area contributed by atoms with Crippen molar-refractivity contribution < 1.29 is 13.2 Å². The highest BCUT2D eigenvalue weighted by molar-refractivity contribution is 7.94. The first kappa shape index (κ1) is 13.3. The minimum absolute atomic E-state index is 0.0159. The molecule has 0 amide bonds. The van der Waals surface area contributed by atoms with E-state index >= 15 is 0 Å². The average Bonchev–Trinajstić information content (AvgIpc) is 3.04. The van der Waals surface area contributed by atoms with E-state index in [0.717, 1.165) is 25.0 Å².